The van der Waals surface area contributed by atoms with E-state index in [2.05, 4.69) is 12.7 Å². The average molecular weight is 180 g/mol. The highest BCUT2D eigenvalue weighted by molar-refractivity contribution is 7.80. The van der Waals surface area contributed by atoms with Crippen molar-refractivity contribution in [2.24, 2.45) is 5.92 Å². The molecule has 0 spiro atoms. The first-order valence-corrected chi connectivity index (χ1v) is 4.32. The standard InChI is InChI=1S/C10H12OS/c1-3-9-6-4-5-7-10(9)11-8(2)12/h3-5,7,9H,1,6H2,2H3. The average Bonchev–Trinajstić information content (AvgIpc) is 2.04. The molecule has 0 saturated heterocycles. The van der Waals surface area contributed by atoms with E-state index in [-0.39, 0.29) is 5.92 Å². The molecule has 2 heteroatoms. The number of ether oxygens (including phenoxy) is 1. The normalized spacial score (nSPS) is 21.4. The maximum Gasteiger partial charge on any atom is 0.163 e. The Morgan fingerprint density at radius 2 is 2.58 bits per heavy atom. The summed E-state index contributed by atoms with van der Waals surface area (Å²) in [6, 6.07) is 0. The SMILES string of the molecule is C=CC1CC=CC=C1OC(C)=S. The van der Waals surface area contributed by atoms with Gasteiger partial charge in [0.2, 0.25) is 0 Å². The number of hydrogen-bond acceptors (Lipinski definition) is 2. The summed E-state index contributed by atoms with van der Waals surface area (Å²) < 4.78 is 5.36. The van der Waals surface area contributed by atoms with Crippen LogP contribution in [0.2, 0.25) is 0 Å². The molecule has 0 aliphatic heterocycles. The fourth-order valence-electron chi connectivity index (χ4n) is 1.12. The summed E-state index contributed by atoms with van der Waals surface area (Å²) in [5, 5.41) is 0.559. The van der Waals surface area contributed by atoms with Crippen LogP contribution in [0.4, 0.5) is 0 Å². The highest BCUT2D eigenvalue weighted by Gasteiger charge is 2.13. The summed E-state index contributed by atoms with van der Waals surface area (Å²) in [6.07, 6.45) is 8.85. The Morgan fingerprint density at radius 1 is 1.83 bits per heavy atom. The molecule has 0 bridgehead atoms. The summed E-state index contributed by atoms with van der Waals surface area (Å²) in [6.45, 7) is 5.52. The molecule has 0 radical (unpaired) electrons. The molecule has 1 nitrogen and oxygen atoms in total. The molecule has 12 heavy (non-hydrogen) atoms. The van der Waals surface area contributed by atoms with E-state index in [4.69, 9.17) is 17.0 Å². The molecule has 0 heterocycles. The molecule has 1 aliphatic carbocycles. The van der Waals surface area contributed by atoms with Crippen LogP contribution in [0.25, 0.3) is 0 Å². The molecular weight excluding hydrogens is 168 g/mol. The van der Waals surface area contributed by atoms with Crippen LogP contribution < -0.4 is 0 Å². The van der Waals surface area contributed by atoms with Crippen LogP contribution in [0.3, 0.4) is 0 Å². The van der Waals surface area contributed by atoms with Gasteiger partial charge in [0.25, 0.3) is 0 Å². The van der Waals surface area contributed by atoms with E-state index in [1.807, 2.05) is 18.2 Å². The van der Waals surface area contributed by atoms with Gasteiger partial charge in [-0.15, -0.1) is 6.58 Å². The van der Waals surface area contributed by atoms with Crippen molar-refractivity contribution in [3.05, 3.63) is 36.6 Å². The van der Waals surface area contributed by atoms with Gasteiger partial charge in [-0.25, -0.2) is 0 Å². The first-order chi connectivity index (χ1) is 5.74. The molecule has 0 amide bonds. The lowest BCUT2D eigenvalue weighted by atomic mass is 9.99. The Bertz CT molecular complexity index is 251. The zero-order valence-corrected chi connectivity index (χ0v) is 7.93. The monoisotopic (exact) mass is 180 g/mol. The third kappa shape index (κ3) is 2.31. The van der Waals surface area contributed by atoms with E-state index >= 15 is 0 Å². The smallest absolute Gasteiger partial charge is 0.163 e. The van der Waals surface area contributed by atoms with Gasteiger partial charge in [0, 0.05) is 12.8 Å². The number of allylic oxidation sites excluding steroid dienone is 4. The van der Waals surface area contributed by atoms with E-state index in [9.17, 15) is 0 Å². The summed E-state index contributed by atoms with van der Waals surface area (Å²) >= 11 is 4.86. The summed E-state index contributed by atoms with van der Waals surface area (Å²) in [5.41, 5.74) is 0. The van der Waals surface area contributed by atoms with E-state index < -0.39 is 0 Å². The van der Waals surface area contributed by atoms with E-state index in [0.717, 1.165) is 12.2 Å². The Hall–Kier alpha value is -0.890. The van der Waals surface area contributed by atoms with E-state index in [1.165, 1.54) is 0 Å². The molecule has 0 saturated carbocycles. The molecule has 1 unspecified atom stereocenters. The van der Waals surface area contributed by atoms with Crippen molar-refractivity contribution in [3.63, 3.8) is 0 Å². The molecule has 1 aliphatic rings. The van der Waals surface area contributed by atoms with Crippen LogP contribution >= 0.6 is 12.2 Å². The zero-order valence-electron chi connectivity index (χ0n) is 7.12. The first kappa shape index (κ1) is 9.20. The van der Waals surface area contributed by atoms with Crippen molar-refractivity contribution < 1.29 is 4.74 Å². The molecule has 0 aromatic rings. The third-order valence-electron chi connectivity index (χ3n) is 1.70. The predicted molar refractivity (Wildman–Crippen MR) is 54.9 cm³/mol. The highest BCUT2D eigenvalue weighted by atomic mass is 32.1. The first-order valence-electron chi connectivity index (χ1n) is 3.91. The van der Waals surface area contributed by atoms with Crippen molar-refractivity contribution >= 4 is 17.3 Å². The largest absolute Gasteiger partial charge is 0.454 e. The quantitative estimate of drug-likeness (QED) is 0.477. The molecule has 1 rings (SSSR count). The number of rotatable bonds is 2. The van der Waals surface area contributed by atoms with Crippen LogP contribution in [0.1, 0.15) is 13.3 Å². The Balaban J connectivity index is 2.69. The number of thiocarbonyl (C=S) groups is 1. The lowest BCUT2D eigenvalue weighted by Gasteiger charge is -2.17. The minimum Gasteiger partial charge on any atom is -0.454 e. The van der Waals surface area contributed by atoms with Crippen LogP contribution in [-0.2, 0) is 4.74 Å². The van der Waals surface area contributed by atoms with Crippen LogP contribution in [-0.4, -0.2) is 5.05 Å². The number of hydrogen-bond donors (Lipinski definition) is 0. The van der Waals surface area contributed by atoms with Gasteiger partial charge in [-0.3, -0.25) is 0 Å². The van der Waals surface area contributed by atoms with Crippen molar-refractivity contribution in [3.8, 4) is 0 Å². The fraction of sp³-hybridized carbons (Fsp3) is 0.300. The minimum absolute atomic E-state index is 0.285. The van der Waals surface area contributed by atoms with Crippen LogP contribution in [0.15, 0.2) is 36.6 Å². The van der Waals surface area contributed by atoms with Gasteiger partial charge in [0.1, 0.15) is 5.76 Å². The van der Waals surface area contributed by atoms with Crippen LogP contribution in [0, 0.1) is 5.92 Å². The van der Waals surface area contributed by atoms with Gasteiger partial charge in [-0.05, 0) is 24.7 Å². The molecule has 0 aromatic carbocycles. The second kappa shape index (κ2) is 4.21. The maximum atomic E-state index is 5.36. The molecule has 0 aromatic heterocycles. The van der Waals surface area contributed by atoms with Crippen molar-refractivity contribution in [1.29, 1.82) is 0 Å². The summed E-state index contributed by atoms with van der Waals surface area (Å²) in [5.74, 6) is 1.19. The van der Waals surface area contributed by atoms with Crippen LogP contribution in [0.5, 0.6) is 0 Å². The third-order valence-corrected chi connectivity index (χ3v) is 1.78. The van der Waals surface area contributed by atoms with Gasteiger partial charge in [-0.2, -0.15) is 0 Å². The Morgan fingerprint density at radius 3 is 3.17 bits per heavy atom. The van der Waals surface area contributed by atoms with Gasteiger partial charge >= 0.3 is 0 Å². The maximum absolute atomic E-state index is 5.36. The molecule has 0 fully saturated rings. The van der Waals surface area contributed by atoms with Gasteiger partial charge in [0.15, 0.2) is 5.05 Å². The summed E-state index contributed by atoms with van der Waals surface area (Å²) in [7, 11) is 0. The Labute approximate surface area is 78.4 Å². The topological polar surface area (TPSA) is 9.23 Å². The Kier molecular flexibility index (Phi) is 3.23. The fourth-order valence-corrected chi connectivity index (χ4v) is 1.21. The van der Waals surface area contributed by atoms with Gasteiger partial charge in [0.05, 0.1) is 0 Å². The molecular formula is C10H12OS. The lowest BCUT2D eigenvalue weighted by molar-refractivity contribution is 0.366. The van der Waals surface area contributed by atoms with Crippen molar-refractivity contribution in [2.45, 2.75) is 13.3 Å². The predicted octanol–water partition coefficient (Wildman–Crippen LogP) is 3.00. The minimum atomic E-state index is 0.285. The lowest BCUT2D eigenvalue weighted by Crippen LogP contribution is -2.08. The van der Waals surface area contributed by atoms with E-state index in [1.54, 1.807) is 6.92 Å². The molecule has 64 valence electrons. The second-order valence-electron chi connectivity index (χ2n) is 2.67. The second-order valence-corrected chi connectivity index (χ2v) is 3.24. The molecule has 1 atom stereocenters. The zero-order chi connectivity index (χ0) is 8.97. The highest BCUT2D eigenvalue weighted by Crippen LogP contribution is 2.22. The van der Waals surface area contributed by atoms with Crippen molar-refractivity contribution in [1.82, 2.24) is 0 Å². The van der Waals surface area contributed by atoms with Gasteiger partial charge < -0.3 is 4.74 Å². The van der Waals surface area contributed by atoms with Crippen molar-refractivity contribution in [2.75, 3.05) is 0 Å². The van der Waals surface area contributed by atoms with E-state index in [0.29, 0.717) is 5.05 Å². The summed E-state index contributed by atoms with van der Waals surface area (Å²) in [4.78, 5) is 0. The molecule has 0 N–H and O–H groups in total. The van der Waals surface area contributed by atoms with Gasteiger partial charge in [-0.1, -0.05) is 18.2 Å².